The third kappa shape index (κ3) is 4.28. The Kier molecular flexibility index (Phi) is 5.31. The SMILES string of the molecule is CC(C)Oc1ccc(C(Cc2ccccc2F)NN)cc1. The van der Waals surface area contributed by atoms with Crippen molar-refractivity contribution in [2.24, 2.45) is 5.84 Å². The zero-order chi connectivity index (χ0) is 15.2. The maximum atomic E-state index is 13.7. The van der Waals surface area contributed by atoms with Crippen LogP contribution < -0.4 is 16.0 Å². The van der Waals surface area contributed by atoms with E-state index in [0.29, 0.717) is 12.0 Å². The minimum atomic E-state index is -0.211. The van der Waals surface area contributed by atoms with Gasteiger partial charge in [0.05, 0.1) is 12.1 Å². The van der Waals surface area contributed by atoms with Gasteiger partial charge in [-0.15, -0.1) is 0 Å². The van der Waals surface area contributed by atoms with Gasteiger partial charge < -0.3 is 4.74 Å². The van der Waals surface area contributed by atoms with Crippen molar-refractivity contribution in [3.05, 3.63) is 65.5 Å². The average molecular weight is 288 g/mol. The summed E-state index contributed by atoms with van der Waals surface area (Å²) in [5.74, 6) is 6.22. The molecule has 0 aliphatic heterocycles. The van der Waals surface area contributed by atoms with Gasteiger partial charge in [0.1, 0.15) is 11.6 Å². The maximum absolute atomic E-state index is 13.7. The molecule has 2 aromatic carbocycles. The number of halogens is 1. The third-order valence-corrected chi connectivity index (χ3v) is 3.24. The molecule has 0 spiro atoms. The summed E-state index contributed by atoms with van der Waals surface area (Å²) in [7, 11) is 0. The third-order valence-electron chi connectivity index (χ3n) is 3.24. The highest BCUT2D eigenvalue weighted by molar-refractivity contribution is 5.31. The number of hydrogen-bond acceptors (Lipinski definition) is 3. The van der Waals surface area contributed by atoms with Crippen LogP contribution in [0.1, 0.15) is 31.0 Å². The molecule has 0 heterocycles. The summed E-state index contributed by atoms with van der Waals surface area (Å²) < 4.78 is 19.3. The number of nitrogens with one attached hydrogen (secondary N) is 1. The minimum Gasteiger partial charge on any atom is -0.491 e. The first-order valence-corrected chi connectivity index (χ1v) is 7.06. The van der Waals surface area contributed by atoms with Crippen LogP contribution in [0.15, 0.2) is 48.5 Å². The molecule has 21 heavy (non-hydrogen) atoms. The van der Waals surface area contributed by atoms with Gasteiger partial charge >= 0.3 is 0 Å². The van der Waals surface area contributed by atoms with Gasteiger partial charge in [0.2, 0.25) is 0 Å². The molecule has 0 aliphatic rings. The molecule has 2 rings (SSSR count). The van der Waals surface area contributed by atoms with E-state index in [1.165, 1.54) is 6.07 Å². The molecular weight excluding hydrogens is 267 g/mol. The summed E-state index contributed by atoms with van der Waals surface area (Å²) in [5, 5.41) is 0. The summed E-state index contributed by atoms with van der Waals surface area (Å²) >= 11 is 0. The Morgan fingerprint density at radius 2 is 1.76 bits per heavy atom. The fraction of sp³-hybridized carbons (Fsp3) is 0.294. The van der Waals surface area contributed by atoms with Crippen molar-refractivity contribution in [2.45, 2.75) is 32.4 Å². The van der Waals surface area contributed by atoms with E-state index < -0.39 is 0 Å². The monoisotopic (exact) mass is 288 g/mol. The van der Waals surface area contributed by atoms with E-state index >= 15 is 0 Å². The lowest BCUT2D eigenvalue weighted by atomic mass is 9.99. The Hall–Kier alpha value is -1.91. The van der Waals surface area contributed by atoms with Crippen LogP contribution >= 0.6 is 0 Å². The van der Waals surface area contributed by atoms with Gasteiger partial charge in [-0.3, -0.25) is 11.3 Å². The van der Waals surface area contributed by atoms with Crippen LogP contribution in [0.3, 0.4) is 0 Å². The lowest BCUT2D eigenvalue weighted by Gasteiger charge is -2.18. The van der Waals surface area contributed by atoms with Gasteiger partial charge in [-0.25, -0.2) is 4.39 Å². The van der Waals surface area contributed by atoms with Crippen molar-refractivity contribution in [1.82, 2.24) is 5.43 Å². The smallest absolute Gasteiger partial charge is 0.126 e. The second-order valence-electron chi connectivity index (χ2n) is 5.25. The number of nitrogens with two attached hydrogens (primary N) is 1. The minimum absolute atomic E-state index is 0.137. The molecule has 1 atom stereocenters. The molecule has 3 nitrogen and oxygen atoms in total. The second-order valence-corrected chi connectivity index (χ2v) is 5.25. The molecular formula is C17H21FN2O. The fourth-order valence-corrected chi connectivity index (χ4v) is 2.21. The number of ether oxygens (including phenoxy) is 1. The molecule has 0 fully saturated rings. The summed E-state index contributed by atoms with van der Waals surface area (Å²) in [6, 6.07) is 14.3. The molecule has 112 valence electrons. The van der Waals surface area contributed by atoms with Crippen LogP contribution in [0, 0.1) is 5.82 Å². The molecule has 0 amide bonds. The molecule has 3 N–H and O–H groups in total. The normalized spacial score (nSPS) is 12.4. The fourth-order valence-electron chi connectivity index (χ4n) is 2.21. The van der Waals surface area contributed by atoms with Gasteiger partial charge in [-0.05, 0) is 49.6 Å². The quantitative estimate of drug-likeness (QED) is 0.633. The van der Waals surface area contributed by atoms with Crippen LogP contribution in [0.4, 0.5) is 4.39 Å². The maximum Gasteiger partial charge on any atom is 0.126 e. The van der Waals surface area contributed by atoms with E-state index in [1.54, 1.807) is 12.1 Å². The van der Waals surface area contributed by atoms with E-state index in [4.69, 9.17) is 10.6 Å². The number of benzene rings is 2. The van der Waals surface area contributed by atoms with E-state index in [0.717, 1.165) is 11.3 Å². The summed E-state index contributed by atoms with van der Waals surface area (Å²) in [6.45, 7) is 3.96. The molecule has 0 saturated carbocycles. The summed E-state index contributed by atoms with van der Waals surface area (Å²) in [5.41, 5.74) is 4.39. The molecule has 1 unspecified atom stereocenters. The largest absolute Gasteiger partial charge is 0.491 e. The van der Waals surface area contributed by atoms with E-state index in [-0.39, 0.29) is 18.0 Å². The Morgan fingerprint density at radius 1 is 1.10 bits per heavy atom. The van der Waals surface area contributed by atoms with Crippen LogP contribution in [-0.4, -0.2) is 6.10 Å². The topological polar surface area (TPSA) is 47.3 Å². The van der Waals surface area contributed by atoms with E-state index in [1.807, 2.05) is 44.2 Å². The van der Waals surface area contributed by atoms with Crippen molar-refractivity contribution in [3.8, 4) is 5.75 Å². The molecule has 0 aromatic heterocycles. The Bertz CT molecular complexity index is 569. The van der Waals surface area contributed by atoms with Gasteiger partial charge in [0, 0.05) is 0 Å². The number of rotatable bonds is 6. The predicted octanol–water partition coefficient (Wildman–Crippen LogP) is 3.36. The highest BCUT2D eigenvalue weighted by Crippen LogP contribution is 2.22. The van der Waals surface area contributed by atoms with Gasteiger partial charge in [0.25, 0.3) is 0 Å². The van der Waals surface area contributed by atoms with Crippen LogP contribution in [-0.2, 0) is 6.42 Å². The molecule has 0 aliphatic carbocycles. The van der Waals surface area contributed by atoms with Gasteiger partial charge in [-0.1, -0.05) is 30.3 Å². The molecule has 2 aromatic rings. The highest BCUT2D eigenvalue weighted by Gasteiger charge is 2.13. The van der Waals surface area contributed by atoms with Crippen molar-refractivity contribution in [3.63, 3.8) is 0 Å². The number of hydrogen-bond donors (Lipinski definition) is 2. The average Bonchev–Trinajstić information content (AvgIpc) is 2.47. The molecule has 0 bridgehead atoms. The zero-order valence-electron chi connectivity index (χ0n) is 12.3. The molecule has 4 heteroatoms. The van der Waals surface area contributed by atoms with Crippen LogP contribution in [0.5, 0.6) is 5.75 Å². The molecule has 0 saturated heterocycles. The second kappa shape index (κ2) is 7.20. The van der Waals surface area contributed by atoms with Crippen LogP contribution in [0.2, 0.25) is 0 Å². The summed E-state index contributed by atoms with van der Waals surface area (Å²) in [6.07, 6.45) is 0.630. The summed E-state index contributed by atoms with van der Waals surface area (Å²) in [4.78, 5) is 0. The van der Waals surface area contributed by atoms with Crippen molar-refractivity contribution < 1.29 is 9.13 Å². The van der Waals surface area contributed by atoms with E-state index in [9.17, 15) is 4.39 Å². The Labute approximate surface area is 124 Å². The first-order chi connectivity index (χ1) is 10.1. The number of hydrazine groups is 1. The van der Waals surface area contributed by atoms with Crippen molar-refractivity contribution in [1.29, 1.82) is 0 Å². The zero-order valence-corrected chi connectivity index (χ0v) is 12.3. The highest BCUT2D eigenvalue weighted by atomic mass is 19.1. The Balaban J connectivity index is 2.12. The van der Waals surface area contributed by atoms with Gasteiger partial charge in [-0.2, -0.15) is 0 Å². The van der Waals surface area contributed by atoms with Crippen molar-refractivity contribution in [2.75, 3.05) is 0 Å². The van der Waals surface area contributed by atoms with Gasteiger partial charge in [0.15, 0.2) is 0 Å². The lowest BCUT2D eigenvalue weighted by molar-refractivity contribution is 0.242. The van der Waals surface area contributed by atoms with Crippen LogP contribution in [0.25, 0.3) is 0 Å². The lowest BCUT2D eigenvalue weighted by Crippen LogP contribution is -2.29. The van der Waals surface area contributed by atoms with Crippen molar-refractivity contribution >= 4 is 0 Å². The molecule has 0 radical (unpaired) electrons. The first-order valence-electron chi connectivity index (χ1n) is 7.06. The Morgan fingerprint density at radius 3 is 2.33 bits per heavy atom. The first kappa shape index (κ1) is 15.5. The standard InChI is InChI=1S/C17H21FN2O/c1-12(2)21-15-9-7-13(8-10-15)17(20-19)11-14-5-3-4-6-16(14)18/h3-10,12,17,20H,11,19H2,1-2H3. The predicted molar refractivity (Wildman–Crippen MR) is 82.4 cm³/mol. The van der Waals surface area contributed by atoms with E-state index in [2.05, 4.69) is 5.43 Å².